The number of likely N-dealkylation sites (tertiary alicyclic amines) is 1. The molecule has 2 saturated heterocycles. The Morgan fingerprint density at radius 1 is 1.26 bits per heavy atom. The number of aromatic nitrogens is 1. The summed E-state index contributed by atoms with van der Waals surface area (Å²) in [6.07, 6.45) is 5.21. The molecule has 0 saturated carbocycles. The van der Waals surface area contributed by atoms with E-state index in [1.54, 1.807) is 0 Å². The summed E-state index contributed by atoms with van der Waals surface area (Å²) in [5.74, 6) is 0.379. The van der Waals surface area contributed by atoms with Crippen LogP contribution in [0, 0.1) is 11.3 Å². The normalized spacial score (nSPS) is 24.6. The Bertz CT molecular complexity index is 486. The van der Waals surface area contributed by atoms with Crippen LogP contribution >= 0.6 is 11.5 Å². The predicted molar refractivity (Wildman–Crippen MR) is 77.3 cm³/mol. The summed E-state index contributed by atoms with van der Waals surface area (Å²) in [6.45, 7) is 4.48. The summed E-state index contributed by atoms with van der Waals surface area (Å²) in [7, 11) is 0. The highest BCUT2D eigenvalue weighted by molar-refractivity contribution is 7.10. The molecule has 2 fully saturated rings. The molecular formula is C13H19N5S. The second-order valence-electron chi connectivity index (χ2n) is 5.34. The molecule has 0 aliphatic carbocycles. The van der Waals surface area contributed by atoms with Crippen molar-refractivity contribution in [2.45, 2.75) is 31.7 Å². The van der Waals surface area contributed by atoms with E-state index in [2.05, 4.69) is 20.2 Å². The van der Waals surface area contributed by atoms with E-state index in [0.29, 0.717) is 17.4 Å². The summed E-state index contributed by atoms with van der Waals surface area (Å²) in [5, 5.41) is 10.1. The number of nitrogens with two attached hydrogens (primary N) is 1. The lowest BCUT2D eigenvalue weighted by molar-refractivity contribution is 0.175. The average Bonchev–Trinajstić information content (AvgIpc) is 3.06. The molecule has 1 aromatic heterocycles. The van der Waals surface area contributed by atoms with Gasteiger partial charge >= 0.3 is 0 Å². The van der Waals surface area contributed by atoms with Crippen LogP contribution in [0.3, 0.4) is 0 Å². The molecule has 0 bridgehead atoms. The molecule has 19 heavy (non-hydrogen) atoms. The Labute approximate surface area is 117 Å². The second kappa shape index (κ2) is 5.35. The molecule has 0 amide bonds. The van der Waals surface area contributed by atoms with Gasteiger partial charge in [0.15, 0.2) is 5.82 Å². The Hall–Kier alpha value is -1.32. The van der Waals surface area contributed by atoms with Gasteiger partial charge in [-0.15, -0.1) is 0 Å². The second-order valence-corrected chi connectivity index (χ2v) is 6.10. The lowest BCUT2D eigenvalue weighted by atomic mass is 10.1. The van der Waals surface area contributed by atoms with Gasteiger partial charge in [-0.2, -0.15) is 9.64 Å². The number of rotatable bonds is 2. The van der Waals surface area contributed by atoms with Gasteiger partial charge in [-0.3, -0.25) is 4.90 Å². The highest BCUT2D eigenvalue weighted by Crippen LogP contribution is 2.33. The fourth-order valence-corrected chi connectivity index (χ4v) is 3.92. The van der Waals surface area contributed by atoms with Crippen molar-refractivity contribution in [1.82, 2.24) is 9.27 Å². The van der Waals surface area contributed by atoms with E-state index in [1.807, 2.05) is 0 Å². The Morgan fingerprint density at radius 3 is 2.79 bits per heavy atom. The highest BCUT2D eigenvalue weighted by atomic mass is 32.1. The summed E-state index contributed by atoms with van der Waals surface area (Å²) < 4.78 is 4.11. The SMILES string of the molecule is N#Cc1c(N)nsc1N1CCC(N2CCCCC2)C1. The minimum absolute atomic E-state index is 0.379. The maximum Gasteiger partial charge on any atom is 0.157 e. The van der Waals surface area contributed by atoms with Crippen LogP contribution in [0.1, 0.15) is 31.2 Å². The Morgan fingerprint density at radius 2 is 2.05 bits per heavy atom. The minimum Gasteiger partial charge on any atom is -0.382 e. The van der Waals surface area contributed by atoms with Crippen molar-refractivity contribution >= 4 is 22.4 Å². The van der Waals surface area contributed by atoms with Gasteiger partial charge in [-0.25, -0.2) is 0 Å². The van der Waals surface area contributed by atoms with Crippen LogP contribution in [0.15, 0.2) is 0 Å². The van der Waals surface area contributed by atoms with Gasteiger partial charge < -0.3 is 10.6 Å². The van der Waals surface area contributed by atoms with Crippen molar-refractivity contribution in [3.63, 3.8) is 0 Å². The van der Waals surface area contributed by atoms with Gasteiger partial charge in [0, 0.05) is 19.1 Å². The minimum atomic E-state index is 0.379. The number of piperidine rings is 1. The van der Waals surface area contributed by atoms with Crippen LogP contribution in [-0.2, 0) is 0 Å². The first-order valence-electron chi connectivity index (χ1n) is 6.94. The molecule has 3 rings (SSSR count). The molecule has 3 heterocycles. The third-order valence-corrected chi connectivity index (χ3v) is 5.09. The predicted octanol–water partition coefficient (Wildman–Crippen LogP) is 1.66. The number of anilines is 2. The average molecular weight is 277 g/mol. The van der Waals surface area contributed by atoms with Gasteiger partial charge in [-0.05, 0) is 43.9 Å². The maximum atomic E-state index is 9.16. The molecule has 2 aliphatic rings. The monoisotopic (exact) mass is 277 g/mol. The van der Waals surface area contributed by atoms with E-state index >= 15 is 0 Å². The molecule has 2 N–H and O–H groups in total. The zero-order valence-corrected chi connectivity index (χ0v) is 11.8. The summed E-state index contributed by atoms with van der Waals surface area (Å²) in [4.78, 5) is 4.89. The van der Waals surface area contributed by atoms with Gasteiger partial charge in [0.05, 0.1) is 0 Å². The van der Waals surface area contributed by atoms with Gasteiger partial charge in [0.1, 0.15) is 16.6 Å². The smallest absolute Gasteiger partial charge is 0.157 e. The zero-order valence-electron chi connectivity index (χ0n) is 11.0. The van der Waals surface area contributed by atoms with Gasteiger partial charge in [0.25, 0.3) is 0 Å². The zero-order chi connectivity index (χ0) is 13.2. The van der Waals surface area contributed by atoms with E-state index in [9.17, 15) is 0 Å². The first kappa shape index (κ1) is 12.7. The lowest BCUT2D eigenvalue weighted by Gasteiger charge is -2.32. The molecule has 6 heteroatoms. The van der Waals surface area contributed by atoms with Crippen LogP contribution < -0.4 is 10.6 Å². The van der Waals surface area contributed by atoms with Crippen molar-refractivity contribution in [2.75, 3.05) is 36.8 Å². The topological polar surface area (TPSA) is 69.2 Å². The van der Waals surface area contributed by atoms with Crippen LogP contribution in [0.2, 0.25) is 0 Å². The van der Waals surface area contributed by atoms with Gasteiger partial charge in [-0.1, -0.05) is 6.42 Å². The first-order chi connectivity index (χ1) is 9.29. The van der Waals surface area contributed by atoms with E-state index in [4.69, 9.17) is 11.0 Å². The largest absolute Gasteiger partial charge is 0.382 e. The molecule has 2 aliphatic heterocycles. The fraction of sp³-hybridized carbons (Fsp3) is 0.692. The van der Waals surface area contributed by atoms with E-state index in [0.717, 1.165) is 18.1 Å². The number of hydrogen-bond acceptors (Lipinski definition) is 6. The molecule has 0 aromatic carbocycles. The molecular weight excluding hydrogens is 258 g/mol. The number of nitrogen functional groups attached to an aromatic ring is 1. The summed E-state index contributed by atoms with van der Waals surface area (Å²) in [6, 6.07) is 2.82. The lowest BCUT2D eigenvalue weighted by Crippen LogP contribution is -2.40. The van der Waals surface area contributed by atoms with Crippen molar-refractivity contribution in [1.29, 1.82) is 5.26 Å². The first-order valence-corrected chi connectivity index (χ1v) is 7.71. The number of nitrogens with zero attached hydrogens (tertiary/aromatic N) is 4. The van der Waals surface area contributed by atoms with Crippen LogP contribution in [-0.4, -0.2) is 41.5 Å². The number of hydrogen-bond donors (Lipinski definition) is 1. The third-order valence-electron chi connectivity index (χ3n) is 4.17. The van der Waals surface area contributed by atoms with Crippen molar-refractivity contribution in [2.24, 2.45) is 0 Å². The van der Waals surface area contributed by atoms with E-state index in [-0.39, 0.29) is 0 Å². The van der Waals surface area contributed by atoms with Crippen LogP contribution in [0.5, 0.6) is 0 Å². The van der Waals surface area contributed by atoms with E-state index < -0.39 is 0 Å². The van der Waals surface area contributed by atoms with Gasteiger partial charge in [0.2, 0.25) is 0 Å². The number of nitriles is 1. The quantitative estimate of drug-likeness (QED) is 0.890. The molecule has 1 unspecified atom stereocenters. The Balaban J connectivity index is 1.70. The highest BCUT2D eigenvalue weighted by Gasteiger charge is 2.31. The molecule has 1 atom stereocenters. The third kappa shape index (κ3) is 2.40. The standard InChI is InChI=1S/C13H19N5S/c14-8-11-12(15)16-19-13(11)18-7-4-10(9-18)17-5-2-1-3-6-17/h10H,1-7,9H2,(H2,15,16). The summed E-state index contributed by atoms with van der Waals surface area (Å²) >= 11 is 1.36. The van der Waals surface area contributed by atoms with Crippen molar-refractivity contribution < 1.29 is 0 Å². The summed E-state index contributed by atoms with van der Waals surface area (Å²) in [5.41, 5.74) is 6.30. The van der Waals surface area contributed by atoms with Crippen molar-refractivity contribution in [3.8, 4) is 6.07 Å². The van der Waals surface area contributed by atoms with E-state index in [1.165, 1.54) is 50.3 Å². The molecule has 5 nitrogen and oxygen atoms in total. The molecule has 0 radical (unpaired) electrons. The maximum absolute atomic E-state index is 9.16. The molecule has 0 spiro atoms. The van der Waals surface area contributed by atoms with Crippen molar-refractivity contribution in [3.05, 3.63) is 5.56 Å². The fourth-order valence-electron chi connectivity index (χ4n) is 3.12. The van der Waals surface area contributed by atoms with Crippen LogP contribution in [0.25, 0.3) is 0 Å². The molecule has 102 valence electrons. The molecule has 1 aromatic rings. The Kier molecular flexibility index (Phi) is 3.58. The van der Waals surface area contributed by atoms with Crippen LogP contribution in [0.4, 0.5) is 10.8 Å².